The number of rotatable bonds is 6. The minimum Gasteiger partial charge on any atom is -0.463 e. The Kier molecular flexibility index (Phi) is 4.61. The molecule has 0 atom stereocenters. The highest BCUT2D eigenvalue weighted by molar-refractivity contribution is 5.93. The first-order valence-electron chi connectivity index (χ1n) is 5.72. The number of ether oxygens (including phenoxy) is 2. The van der Waals surface area contributed by atoms with Crippen molar-refractivity contribution in [2.24, 2.45) is 5.73 Å². The number of hydrogen-bond acceptors (Lipinski definition) is 5. The van der Waals surface area contributed by atoms with Gasteiger partial charge in [0.25, 0.3) is 0 Å². The summed E-state index contributed by atoms with van der Waals surface area (Å²) < 4.78 is 10.7. The quantitative estimate of drug-likeness (QED) is 0.587. The van der Waals surface area contributed by atoms with E-state index in [0.717, 1.165) is 12.1 Å². The molecule has 1 aromatic heterocycles. The predicted octanol–water partition coefficient (Wildman–Crippen LogP) is 1.26. The van der Waals surface area contributed by atoms with Gasteiger partial charge in [0.2, 0.25) is 0 Å². The molecule has 0 saturated carbocycles. The van der Waals surface area contributed by atoms with Crippen molar-refractivity contribution >= 4 is 5.84 Å². The second-order valence-corrected chi connectivity index (χ2v) is 4.65. The van der Waals surface area contributed by atoms with E-state index >= 15 is 0 Å². The third kappa shape index (κ3) is 4.29. The minimum absolute atomic E-state index is 0.0948. The van der Waals surface area contributed by atoms with Gasteiger partial charge in [0.05, 0.1) is 12.2 Å². The van der Waals surface area contributed by atoms with Crippen LogP contribution in [-0.2, 0) is 4.74 Å². The van der Waals surface area contributed by atoms with Gasteiger partial charge >= 0.3 is 6.01 Å². The Hall–Kier alpha value is -1.69. The lowest BCUT2D eigenvalue weighted by molar-refractivity contribution is 0.00465. The van der Waals surface area contributed by atoms with Crippen molar-refractivity contribution in [2.75, 3.05) is 13.7 Å². The van der Waals surface area contributed by atoms with Gasteiger partial charge in [-0.05, 0) is 26.8 Å². The fraction of sp³-hybridized carbons (Fsp3) is 0.583. The van der Waals surface area contributed by atoms with Crippen molar-refractivity contribution in [3.05, 3.63) is 17.5 Å². The molecular formula is C12H20N4O2. The maximum atomic E-state index is 7.35. The zero-order valence-corrected chi connectivity index (χ0v) is 11.3. The molecule has 0 radical (unpaired) electrons. The molecule has 1 aromatic rings. The first-order valence-corrected chi connectivity index (χ1v) is 5.72. The van der Waals surface area contributed by atoms with Crippen molar-refractivity contribution in [3.8, 4) is 6.01 Å². The van der Waals surface area contributed by atoms with Gasteiger partial charge in [-0.25, -0.2) is 4.98 Å². The third-order valence-electron chi connectivity index (χ3n) is 2.60. The molecule has 0 unspecified atom stereocenters. The van der Waals surface area contributed by atoms with Gasteiger partial charge in [0, 0.05) is 19.2 Å². The number of hydrogen-bond donors (Lipinski definition) is 2. The standard InChI is InChI=1S/C12H20N4O2/c1-8-7-9(10(13)14)16-11(15-8)18-6-5-12(2,3)17-4/h7H,5-6H2,1-4H3,(H3,13,14). The van der Waals surface area contributed by atoms with E-state index in [1.165, 1.54) is 0 Å². The fourth-order valence-electron chi connectivity index (χ4n) is 1.23. The summed E-state index contributed by atoms with van der Waals surface area (Å²) in [7, 11) is 1.66. The minimum atomic E-state index is -0.243. The summed E-state index contributed by atoms with van der Waals surface area (Å²) in [5, 5.41) is 7.35. The zero-order valence-electron chi connectivity index (χ0n) is 11.3. The molecule has 0 aromatic carbocycles. The van der Waals surface area contributed by atoms with Gasteiger partial charge in [-0.1, -0.05) is 0 Å². The van der Waals surface area contributed by atoms with E-state index in [4.69, 9.17) is 20.6 Å². The molecule has 0 aliphatic carbocycles. The topological polar surface area (TPSA) is 94.1 Å². The lowest BCUT2D eigenvalue weighted by Gasteiger charge is -2.22. The lowest BCUT2D eigenvalue weighted by Crippen LogP contribution is -2.25. The molecule has 0 bridgehead atoms. The van der Waals surface area contributed by atoms with E-state index in [9.17, 15) is 0 Å². The Balaban J connectivity index is 2.65. The van der Waals surface area contributed by atoms with Crippen LogP contribution in [0.3, 0.4) is 0 Å². The number of nitrogens with zero attached hydrogens (tertiary/aromatic N) is 2. The number of amidine groups is 1. The van der Waals surface area contributed by atoms with Gasteiger partial charge in [0.1, 0.15) is 11.5 Å². The lowest BCUT2D eigenvalue weighted by atomic mass is 10.1. The summed E-state index contributed by atoms with van der Waals surface area (Å²) in [5.41, 5.74) is 6.24. The summed E-state index contributed by atoms with van der Waals surface area (Å²) in [6, 6.07) is 1.89. The van der Waals surface area contributed by atoms with Crippen molar-refractivity contribution in [3.63, 3.8) is 0 Å². The summed E-state index contributed by atoms with van der Waals surface area (Å²) in [5.74, 6) is -0.0948. The van der Waals surface area contributed by atoms with Crippen LogP contribution in [0.2, 0.25) is 0 Å². The summed E-state index contributed by atoms with van der Waals surface area (Å²) in [6.45, 7) is 6.21. The van der Waals surface area contributed by atoms with Crippen LogP contribution in [0.1, 0.15) is 31.7 Å². The summed E-state index contributed by atoms with van der Waals surface area (Å²) in [6.07, 6.45) is 0.718. The molecule has 0 aliphatic heterocycles. The first kappa shape index (κ1) is 14.4. The monoisotopic (exact) mass is 252 g/mol. The Bertz CT molecular complexity index is 432. The smallest absolute Gasteiger partial charge is 0.317 e. The van der Waals surface area contributed by atoms with Crippen molar-refractivity contribution in [2.45, 2.75) is 32.8 Å². The van der Waals surface area contributed by atoms with Gasteiger partial charge in [0.15, 0.2) is 0 Å². The molecule has 1 heterocycles. The second-order valence-electron chi connectivity index (χ2n) is 4.65. The van der Waals surface area contributed by atoms with Crippen LogP contribution in [0.15, 0.2) is 6.07 Å². The second kappa shape index (κ2) is 5.77. The van der Waals surface area contributed by atoms with Crippen LogP contribution in [0, 0.1) is 12.3 Å². The van der Waals surface area contributed by atoms with Crippen molar-refractivity contribution < 1.29 is 9.47 Å². The van der Waals surface area contributed by atoms with Crippen LogP contribution in [0.5, 0.6) is 6.01 Å². The van der Waals surface area contributed by atoms with Crippen LogP contribution in [0.4, 0.5) is 0 Å². The Morgan fingerprint density at radius 1 is 1.44 bits per heavy atom. The Labute approximate surface area is 107 Å². The third-order valence-corrected chi connectivity index (χ3v) is 2.60. The molecule has 6 heteroatoms. The number of nitrogens with two attached hydrogens (primary N) is 1. The molecule has 100 valence electrons. The van der Waals surface area contributed by atoms with Crippen LogP contribution >= 0.6 is 0 Å². The van der Waals surface area contributed by atoms with Gasteiger partial charge < -0.3 is 15.2 Å². The number of aromatic nitrogens is 2. The number of methoxy groups -OCH3 is 1. The van der Waals surface area contributed by atoms with Crippen LogP contribution in [0.25, 0.3) is 0 Å². The molecule has 0 aliphatic rings. The van der Waals surface area contributed by atoms with Crippen LogP contribution < -0.4 is 10.5 Å². The van der Waals surface area contributed by atoms with Gasteiger partial charge in [-0.3, -0.25) is 5.41 Å². The van der Waals surface area contributed by atoms with Crippen molar-refractivity contribution in [1.82, 2.24) is 9.97 Å². The average molecular weight is 252 g/mol. The highest BCUT2D eigenvalue weighted by Crippen LogP contribution is 2.14. The number of aryl methyl sites for hydroxylation is 1. The number of nitrogen functional groups attached to an aromatic ring is 1. The van der Waals surface area contributed by atoms with Crippen LogP contribution in [-0.4, -0.2) is 35.1 Å². The highest BCUT2D eigenvalue weighted by atomic mass is 16.5. The molecule has 0 spiro atoms. The number of nitrogens with one attached hydrogen (secondary N) is 1. The van der Waals surface area contributed by atoms with E-state index in [1.54, 1.807) is 20.1 Å². The molecule has 0 saturated heterocycles. The average Bonchev–Trinajstić information content (AvgIpc) is 2.28. The normalized spacial score (nSPS) is 11.3. The molecule has 6 nitrogen and oxygen atoms in total. The highest BCUT2D eigenvalue weighted by Gasteiger charge is 2.16. The first-order chi connectivity index (χ1) is 8.34. The van der Waals surface area contributed by atoms with E-state index in [-0.39, 0.29) is 17.4 Å². The summed E-state index contributed by atoms with van der Waals surface area (Å²) >= 11 is 0. The SMILES string of the molecule is COC(C)(C)CCOc1nc(C)cc(C(=N)N)n1. The van der Waals surface area contributed by atoms with Gasteiger partial charge in [-0.15, -0.1) is 0 Å². The Morgan fingerprint density at radius 3 is 2.67 bits per heavy atom. The predicted molar refractivity (Wildman–Crippen MR) is 69.0 cm³/mol. The summed E-state index contributed by atoms with van der Waals surface area (Å²) in [4.78, 5) is 8.19. The van der Waals surface area contributed by atoms with E-state index < -0.39 is 0 Å². The maximum Gasteiger partial charge on any atom is 0.317 e. The zero-order chi connectivity index (χ0) is 13.8. The van der Waals surface area contributed by atoms with E-state index in [2.05, 4.69) is 9.97 Å². The molecule has 0 amide bonds. The van der Waals surface area contributed by atoms with E-state index in [0.29, 0.717) is 12.3 Å². The van der Waals surface area contributed by atoms with E-state index in [1.807, 2.05) is 13.8 Å². The Morgan fingerprint density at radius 2 is 2.11 bits per heavy atom. The molecule has 3 N–H and O–H groups in total. The van der Waals surface area contributed by atoms with Crippen molar-refractivity contribution in [1.29, 1.82) is 5.41 Å². The van der Waals surface area contributed by atoms with Gasteiger partial charge in [-0.2, -0.15) is 4.98 Å². The maximum absolute atomic E-state index is 7.35. The fourth-order valence-corrected chi connectivity index (χ4v) is 1.23. The molecular weight excluding hydrogens is 232 g/mol. The molecule has 0 fully saturated rings. The largest absolute Gasteiger partial charge is 0.463 e. The molecule has 18 heavy (non-hydrogen) atoms. The molecule has 1 rings (SSSR count).